The van der Waals surface area contributed by atoms with Gasteiger partial charge in [-0.05, 0) is 58.3 Å². The number of rotatable bonds is 3. The number of benzene rings is 1. The highest BCUT2D eigenvalue weighted by atomic mass is 127. The maximum atomic E-state index is 12.0. The Labute approximate surface area is 127 Å². The molecule has 0 aliphatic heterocycles. The van der Waals surface area contributed by atoms with Gasteiger partial charge in [-0.15, -0.1) is 11.3 Å². The summed E-state index contributed by atoms with van der Waals surface area (Å²) in [6.07, 6.45) is 3.16. The summed E-state index contributed by atoms with van der Waals surface area (Å²) >= 11 is 9.43. The first-order valence-corrected chi connectivity index (χ1v) is 7.35. The number of thiophene rings is 1. The molecule has 0 amide bonds. The minimum Gasteiger partial charge on any atom is -0.506 e. The van der Waals surface area contributed by atoms with Gasteiger partial charge in [-0.3, -0.25) is 4.79 Å². The number of hydrogen-bond acceptors (Lipinski definition) is 3. The molecule has 0 unspecified atom stereocenters. The number of halogens is 2. The second-order valence-electron chi connectivity index (χ2n) is 3.50. The van der Waals surface area contributed by atoms with E-state index in [1.54, 1.807) is 29.5 Å². The van der Waals surface area contributed by atoms with E-state index >= 15 is 0 Å². The predicted octanol–water partition coefficient (Wildman–Crippen LogP) is 4.61. The number of hydrogen-bond donors (Lipinski definition) is 1. The summed E-state index contributed by atoms with van der Waals surface area (Å²) in [4.78, 5) is 12.9. The maximum Gasteiger partial charge on any atom is 0.189 e. The zero-order valence-corrected chi connectivity index (χ0v) is 12.8. The highest BCUT2D eigenvalue weighted by Gasteiger charge is 2.12. The number of carbonyl (C=O) groups excluding carboxylic acids is 1. The highest BCUT2D eigenvalue weighted by molar-refractivity contribution is 14.1. The third kappa shape index (κ3) is 3.13. The zero-order chi connectivity index (χ0) is 13.1. The van der Waals surface area contributed by atoms with Crippen LogP contribution in [0, 0.1) is 3.57 Å². The fraction of sp³-hybridized carbons (Fsp3) is 0. The molecule has 0 bridgehead atoms. The molecule has 0 aliphatic carbocycles. The monoisotopic (exact) mass is 390 g/mol. The van der Waals surface area contributed by atoms with Gasteiger partial charge in [0.25, 0.3) is 0 Å². The maximum absolute atomic E-state index is 12.0. The van der Waals surface area contributed by atoms with Gasteiger partial charge in [-0.1, -0.05) is 17.7 Å². The van der Waals surface area contributed by atoms with Gasteiger partial charge in [0, 0.05) is 8.45 Å². The molecule has 18 heavy (non-hydrogen) atoms. The van der Waals surface area contributed by atoms with E-state index in [1.165, 1.54) is 6.08 Å². The van der Waals surface area contributed by atoms with Crippen molar-refractivity contribution in [1.29, 1.82) is 0 Å². The van der Waals surface area contributed by atoms with E-state index in [0.29, 0.717) is 0 Å². The molecule has 0 aliphatic rings. The lowest BCUT2D eigenvalue weighted by Gasteiger charge is -2.03. The van der Waals surface area contributed by atoms with E-state index in [9.17, 15) is 9.90 Å². The Balaban J connectivity index is 2.29. The van der Waals surface area contributed by atoms with Gasteiger partial charge < -0.3 is 5.11 Å². The summed E-state index contributed by atoms with van der Waals surface area (Å²) in [5.74, 6) is -0.431. The zero-order valence-electron chi connectivity index (χ0n) is 9.06. The number of aromatic hydroxyl groups is 1. The molecule has 1 aromatic carbocycles. The largest absolute Gasteiger partial charge is 0.506 e. The van der Waals surface area contributed by atoms with Gasteiger partial charge in [-0.25, -0.2) is 0 Å². The van der Waals surface area contributed by atoms with Crippen molar-refractivity contribution in [3.63, 3.8) is 0 Å². The van der Waals surface area contributed by atoms with Crippen LogP contribution in [0.2, 0.25) is 5.02 Å². The summed E-state index contributed by atoms with van der Waals surface area (Å²) < 4.78 is 0.809. The van der Waals surface area contributed by atoms with Crippen molar-refractivity contribution in [3.05, 3.63) is 54.8 Å². The summed E-state index contributed by atoms with van der Waals surface area (Å²) in [5.41, 5.74) is 0.222. The Morgan fingerprint density at radius 3 is 2.89 bits per heavy atom. The summed E-state index contributed by atoms with van der Waals surface area (Å²) in [6, 6.07) is 7.05. The van der Waals surface area contributed by atoms with Crippen LogP contribution >= 0.6 is 45.5 Å². The van der Waals surface area contributed by atoms with Crippen LogP contribution in [-0.4, -0.2) is 10.9 Å². The molecule has 2 rings (SSSR count). The van der Waals surface area contributed by atoms with Crippen molar-refractivity contribution in [2.45, 2.75) is 0 Å². The molecule has 2 nitrogen and oxygen atoms in total. The highest BCUT2D eigenvalue weighted by Crippen LogP contribution is 2.30. The van der Waals surface area contributed by atoms with Gasteiger partial charge in [0.15, 0.2) is 5.78 Å². The lowest BCUT2D eigenvalue weighted by atomic mass is 10.1. The van der Waals surface area contributed by atoms with Crippen LogP contribution in [0.5, 0.6) is 5.75 Å². The van der Waals surface area contributed by atoms with Crippen molar-refractivity contribution in [3.8, 4) is 5.75 Å². The summed E-state index contributed by atoms with van der Waals surface area (Å²) in [7, 11) is 0. The van der Waals surface area contributed by atoms with Gasteiger partial charge in [-0.2, -0.15) is 0 Å². The molecular formula is C13H8ClIO2S. The van der Waals surface area contributed by atoms with Gasteiger partial charge in [0.05, 0.1) is 10.6 Å². The molecule has 0 fully saturated rings. The van der Waals surface area contributed by atoms with Crippen molar-refractivity contribution in [2.24, 2.45) is 0 Å². The fourth-order valence-electron chi connectivity index (χ4n) is 1.39. The minimum absolute atomic E-state index is 0.169. The van der Waals surface area contributed by atoms with Crippen LogP contribution in [0.1, 0.15) is 15.2 Å². The van der Waals surface area contributed by atoms with Crippen LogP contribution in [0.3, 0.4) is 0 Å². The normalized spacial score (nSPS) is 11.0. The average Bonchev–Trinajstić information content (AvgIpc) is 2.83. The van der Waals surface area contributed by atoms with E-state index in [0.717, 1.165) is 8.45 Å². The lowest BCUT2D eigenvalue weighted by Crippen LogP contribution is -1.96. The molecule has 5 heteroatoms. The van der Waals surface area contributed by atoms with Crippen molar-refractivity contribution in [2.75, 3.05) is 0 Å². The van der Waals surface area contributed by atoms with E-state index in [4.69, 9.17) is 11.6 Å². The third-order valence-electron chi connectivity index (χ3n) is 2.24. The first-order valence-electron chi connectivity index (χ1n) is 5.02. The second-order valence-corrected chi connectivity index (χ2v) is 6.13. The van der Waals surface area contributed by atoms with Gasteiger partial charge in [0.2, 0.25) is 0 Å². The van der Waals surface area contributed by atoms with Crippen LogP contribution in [0.15, 0.2) is 35.7 Å². The van der Waals surface area contributed by atoms with Crippen LogP contribution < -0.4 is 0 Å². The van der Waals surface area contributed by atoms with Crippen LogP contribution in [0.4, 0.5) is 0 Å². The molecule has 2 aromatic rings. The number of phenolic OH excluding ortho intramolecular Hbond substituents is 1. The summed E-state index contributed by atoms with van der Waals surface area (Å²) in [5, 5.41) is 11.9. The quantitative estimate of drug-likeness (QED) is 0.472. The summed E-state index contributed by atoms with van der Waals surface area (Å²) in [6.45, 7) is 0. The van der Waals surface area contributed by atoms with Crippen LogP contribution in [-0.2, 0) is 0 Å². The molecule has 0 spiro atoms. The fourth-order valence-corrected chi connectivity index (χ4v) is 3.03. The molecular weight excluding hydrogens is 383 g/mol. The Morgan fingerprint density at radius 1 is 1.44 bits per heavy atom. The molecule has 92 valence electrons. The first-order chi connectivity index (χ1) is 8.58. The standard InChI is InChI=1S/C13H8ClIO2S/c14-11-7-8(15)6-10(13(11)17)12(16)4-3-9-2-1-5-18-9/h1-7,17H/b4-3+. The average molecular weight is 391 g/mol. The number of ketones is 1. The Morgan fingerprint density at radius 2 is 2.22 bits per heavy atom. The topological polar surface area (TPSA) is 37.3 Å². The smallest absolute Gasteiger partial charge is 0.189 e. The lowest BCUT2D eigenvalue weighted by molar-refractivity contribution is 0.104. The molecule has 0 saturated carbocycles. The molecule has 0 atom stereocenters. The van der Waals surface area contributed by atoms with E-state index in [2.05, 4.69) is 22.6 Å². The first kappa shape index (κ1) is 13.6. The number of allylic oxidation sites excluding steroid dienone is 1. The number of carbonyl (C=O) groups is 1. The Kier molecular flexibility index (Phi) is 4.42. The minimum atomic E-state index is -0.263. The van der Waals surface area contributed by atoms with Crippen molar-refractivity contribution in [1.82, 2.24) is 0 Å². The predicted molar refractivity (Wildman–Crippen MR) is 83.5 cm³/mol. The van der Waals surface area contributed by atoms with E-state index in [-0.39, 0.29) is 22.1 Å². The van der Waals surface area contributed by atoms with E-state index in [1.807, 2.05) is 17.5 Å². The van der Waals surface area contributed by atoms with Crippen molar-refractivity contribution >= 4 is 57.4 Å². The molecule has 1 aromatic heterocycles. The Bertz CT molecular complexity index is 606. The van der Waals surface area contributed by atoms with Crippen LogP contribution in [0.25, 0.3) is 6.08 Å². The molecule has 0 saturated heterocycles. The second kappa shape index (κ2) is 5.86. The SMILES string of the molecule is O=C(/C=C/c1cccs1)c1cc(I)cc(Cl)c1O. The molecule has 0 radical (unpaired) electrons. The number of phenols is 1. The third-order valence-corrected chi connectivity index (χ3v) is 3.98. The van der Waals surface area contributed by atoms with Gasteiger partial charge in [0.1, 0.15) is 5.75 Å². The van der Waals surface area contributed by atoms with Gasteiger partial charge >= 0.3 is 0 Å². The van der Waals surface area contributed by atoms with E-state index < -0.39 is 0 Å². The molecule has 1 N–H and O–H groups in total. The molecule has 1 heterocycles. The van der Waals surface area contributed by atoms with Crippen molar-refractivity contribution < 1.29 is 9.90 Å². The Hall–Kier alpha value is -0.850.